The summed E-state index contributed by atoms with van der Waals surface area (Å²) in [5.74, 6) is 0. The fourth-order valence-corrected chi connectivity index (χ4v) is 3.01. The molecule has 0 saturated heterocycles. The molecule has 106 valence electrons. The molecule has 1 atom stereocenters. The van der Waals surface area contributed by atoms with Crippen molar-refractivity contribution in [2.75, 3.05) is 13.7 Å². The number of rotatable bonds is 5. The van der Waals surface area contributed by atoms with Crippen molar-refractivity contribution in [2.24, 2.45) is 0 Å². The minimum absolute atomic E-state index is 0.0727. The number of benzene rings is 1. The van der Waals surface area contributed by atoms with Gasteiger partial charge in [-0.3, -0.25) is 10.1 Å². The van der Waals surface area contributed by atoms with E-state index in [0.29, 0.717) is 0 Å². The van der Waals surface area contributed by atoms with Crippen LogP contribution in [-0.4, -0.2) is 42.4 Å². The highest BCUT2D eigenvalue weighted by Crippen LogP contribution is 2.29. The topological polar surface area (TPSA) is 101 Å². The highest BCUT2D eigenvalue weighted by Gasteiger charge is 2.31. The highest BCUT2D eigenvalue weighted by atomic mass is 35.5. The zero-order chi connectivity index (χ0) is 14.8. The van der Waals surface area contributed by atoms with Gasteiger partial charge in [-0.2, -0.15) is 4.31 Å². The highest BCUT2D eigenvalue weighted by molar-refractivity contribution is 7.89. The van der Waals surface area contributed by atoms with E-state index in [1.165, 1.54) is 20.0 Å². The number of likely N-dealkylation sites (N-methyl/N-ethyl adjacent to an activating group) is 1. The second kappa shape index (κ2) is 5.83. The van der Waals surface area contributed by atoms with E-state index >= 15 is 0 Å². The van der Waals surface area contributed by atoms with Crippen LogP contribution in [0.1, 0.15) is 6.92 Å². The van der Waals surface area contributed by atoms with Gasteiger partial charge < -0.3 is 5.11 Å². The Labute approximate surface area is 115 Å². The van der Waals surface area contributed by atoms with E-state index in [1.807, 2.05) is 0 Å². The minimum atomic E-state index is -4.07. The van der Waals surface area contributed by atoms with Gasteiger partial charge in [0.05, 0.1) is 11.5 Å². The fraction of sp³-hybridized carbons (Fsp3) is 0.400. The second-order valence-corrected chi connectivity index (χ2v) is 6.32. The van der Waals surface area contributed by atoms with Crippen LogP contribution in [0.5, 0.6) is 0 Å². The Morgan fingerprint density at radius 1 is 1.53 bits per heavy atom. The standard InChI is InChI=1S/C10H13ClN2O5S/c1-7(6-14)12(2)19(17,18)10-4-3-8(11)5-9(10)13(15)16/h3-5,7,14H,6H2,1-2H3. The Balaban J connectivity index is 3.41. The molecule has 0 fully saturated rings. The van der Waals surface area contributed by atoms with Crippen LogP contribution >= 0.6 is 11.6 Å². The van der Waals surface area contributed by atoms with Gasteiger partial charge in [-0.25, -0.2) is 8.42 Å². The van der Waals surface area contributed by atoms with Gasteiger partial charge in [0.1, 0.15) is 0 Å². The quantitative estimate of drug-likeness (QED) is 0.651. The number of nitro benzene ring substituents is 1. The first-order valence-electron chi connectivity index (χ1n) is 5.24. The number of nitrogens with zero attached hydrogens (tertiary/aromatic N) is 2. The molecule has 0 aliphatic carbocycles. The summed E-state index contributed by atoms with van der Waals surface area (Å²) in [6.45, 7) is 1.09. The van der Waals surface area contributed by atoms with Gasteiger partial charge in [-0.05, 0) is 19.1 Å². The molecule has 0 bridgehead atoms. The monoisotopic (exact) mass is 308 g/mol. The first-order valence-corrected chi connectivity index (χ1v) is 7.06. The first kappa shape index (κ1) is 15.8. The number of halogens is 1. The SMILES string of the molecule is CC(CO)N(C)S(=O)(=O)c1ccc(Cl)cc1[N+](=O)[O-]. The van der Waals surface area contributed by atoms with Crippen LogP contribution in [0.2, 0.25) is 5.02 Å². The van der Waals surface area contributed by atoms with E-state index in [1.54, 1.807) is 0 Å². The summed E-state index contributed by atoms with van der Waals surface area (Å²) in [5.41, 5.74) is -0.593. The van der Waals surface area contributed by atoms with E-state index in [0.717, 1.165) is 16.4 Å². The molecule has 0 amide bonds. The Bertz CT molecular complexity index is 590. The average molecular weight is 309 g/mol. The average Bonchev–Trinajstić information content (AvgIpc) is 2.36. The van der Waals surface area contributed by atoms with Crippen LogP contribution in [0.4, 0.5) is 5.69 Å². The van der Waals surface area contributed by atoms with Gasteiger partial charge in [0.15, 0.2) is 4.90 Å². The third kappa shape index (κ3) is 3.21. The lowest BCUT2D eigenvalue weighted by Gasteiger charge is -2.22. The Kier molecular flexibility index (Phi) is 4.86. The van der Waals surface area contributed by atoms with E-state index in [9.17, 15) is 18.5 Å². The van der Waals surface area contributed by atoms with Crippen molar-refractivity contribution < 1.29 is 18.4 Å². The second-order valence-electron chi connectivity index (χ2n) is 3.92. The lowest BCUT2D eigenvalue weighted by Crippen LogP contribution is -2.37. The maximum atomic E-state index is 12.2. The molecule has 1 unspecified atom stereocenters. The number of sulfonamides is 1. The molecule has 1 aromatic rings. The van der Waals surface area contributed by atoms with Crippen molar-refractivity contribution in [3.63, 3.8) is 0 Å². The zero-order valence-corrected chi connectivity index (χ0v) is 11.8. The molecule has 0 heterocycles. The summed E-state index contributed by atoms with van der Waals surface area (Å²) in [5, 5.41) is 19.9. The third-order valence-electron chi connectivity index (χ3n) is 2.66. The van der Waals surface area contributed by atoms with E-state index in [-0.39, 0.29) is 5.02 Å². The van der Waals surface area contributed by atoms with Crippen molar-refractivity contribution in [1.82, 2.24) is 4.31 Å². The van der Waals surface area contributed by atoms with Crippen LogP contribution < -0.4 is 0 Å². The summed E-state index contributed by atoms with van der Waals surface area (Å²) in [6.07, 6.45) is 0. The molecular formula is C10H13ClN2O5S. The Hall–Kier alpha value is -1.22. The lowest BCUT2D eigenvalue weighted by atomic mass is 10.3. The number of aliphatic hydroxyl groups is 1. The predicted octanol–water partition coefficient (Wildman–Crippen LogP) is 1.25. The number of aliphatic hydroxyl groups excluding tert-OH is 1. The molecule has 0 saturated carbocycles. The lowest BCUT2D eigenvalue weighted by molar-refractivity contribution is -0.387. The molecule has 9 heteroatoms. The molecular weight excluding hydrogens is 296 g/mol. The molecule has 1 N–H and O–H groups in total. The zero-order valence-electron chi connectivity index (χ0n) is 10.3. The molecule has 0 aliphatic rings. The van der Waals surface area contributed by atoms with Crippen molar-refractivity contribution in [3.05, 3.63) is 33.3 Å². The van der Waals surface area contributed by atoms with Gasteiger partial charge >= 0.3 is 0 Å². The number of hydrogen-bond donors (Lipinski definition) is 1. The summed E-state index contributed by atoms with van der Waals surface area (Å²) in [4.78, 5) is 9.63. The number of hydrogen-bond acceptors (Lipinski definition) is 5. The summed E-state index contributed by atoms with van der Waals surface area (Å²) in [6, 6.07) is 2.63. The summed E-state index contributed by atoms with van der Waals surface area (Å²) >= 11 is 5.63. The van der Waals surface area contributed by atoms with Crippen molar-refractivity contribution in [2.45, 2.75) is 17.9 Å². The van der Waals surface area contributed by atoms with Crippen molar-refractivity contribution in [3.8, 4) is 0 Å². The van der Waals surface area contributed by atoms with Crippen molar-refractivity contribution in [1.29, 1.82) is 0 Å². The molecule has 19 heavy (non-hydrogen) atoms. The Morgan fingerprint density at radius 2 is 2.11 bits per heavy atom. The Morgan fingerprint density at radius 3 is 2.58 bits per heavy atom. The van der Waals surface area contributed by atoms with Crippen LogP contribution in [0.15, 0.2) is 23.1 Å². The van der Waals surface area contributed by atoms with E-state index in [4.69, 9.17) is 16.7 Å². The summed E-state index contributed by atoms with van der Waals surface area (Å²) in [7, 11) is -2.83. The maximum Gasteiger partial charge on any atom is 0.290 e. The smallest absolute Gasteiger partial charge is 0.290 e. The normalized spacial score (nSPS) is 13.5. The van der Waals surface area contributed by atoms with E-state index < -0.39 is 38.2 Å². The van der Waals surface area contributed by atoms with Crippen LogP contribution in [0.25, 0.3) is 0 Å². The molecule has 0 spiro atoms. The number of nitro groups is 1. The van der Waals surface area contributed by atoms with Gasteiger partial charge in [0.25, 0.3) is 5.69 Å². The molecule has 0 aliphatic heterocycles. The van der Waals surface area contributed by atoms with Crippen molar-refractivity contribution >= 4 is 27.3 Å². The molecule has 1 rings (SSSR count). The third-order valence-corrected chi connectivity index (χ3v) is 4.91. The molecule has 0 radical (unpaired) electrons. The van der Waals surface area contributed by atoms with Gasteiger partial charge in [-0.1, -0.05) is 11.6 Å². The molecule has 1 aromatic carbocycles. The van der Waals surface area contributed by atoms with Crippen LogP contribution in [0, 0.1) is 10.1 Å². The minimum Gasteiger partial charge on any atom is -0.395 e. The molecule has 7 nitrogen and oxygen atoms in total. The van der Waals surface area contributed by atoms with Gasteiger partial charge in [-0.15, -0.1) is 0 Å². The maximum absolute atomic E-state index is 12.2. The largest absolute Gasteiger partial charge is 0.395 e. The van der Waals surface area contributed by atoms with Gasteiger partial charge in [0.2, 0.25) is 10.0 Å². The van der Waals surface area contributed by atoms with Gasteiger partial charge in [0, 0.05) is 24.2 Å². The van der Waals surface area contributed by atoms with Crippen LogP contribution in [0.3, 0.4) is 0 Å². The first-order chi connectivity index (χ1) is 8.71. The van der Waals surface area contributed by atoms with Crippen LogP contribution in [-0.2, 0) is 10.0 Å². The predicted molar refractivity (Wildman–Crippen MR) is 69.6 cm³/mol. The summed E-state index contributed by atoms with van der Waals surface area (Å²) < 4.78 is 25.4. The fourth-order valence-electron chi connectivity index (χ4n) is 1.36. The molecule has 0 aromatic heterocycles. The van der Waals surface area contributed by atoms with E-state index in [2.05, 4.69) is 0 Å².